The molecule has 1 rings (SSSR count). The molecule has 0 aromatic heterocycles. The van der Waals surface area contributed by atoms with Gasteiger partial charge in [0.15, 0.2) is 0 Å². The Labute approximate surface area is 109 Å². The molecule has 0 aliphatic carbocycles. The molecular formula is C10H12ClFN2O3S. The maximum Gasteiger partial charge on any atom is 0.242 e. The first kappa shape index (κ1) is 14.9. The molecule has 0 atom stereocenters. The molecular weight excluding hydrogens is 283 g/mol. The molecule has 0 bridgehead atoms. The van der Waals surface area contributed by atoms with E-state index in [1.165, 1.54) is 0 Å². The van der Waals surface area contributed by atoms with Gasteiger partial charge >= 0.3 is 0 Å². The number of rotatable bonds is 6. The van der Waals surface area contributed by atoms with E-state index in [4.69, 9.17) is 17.3 Å². The lowest BCUT2D eigenvalue weighted by molar-refractivity contribution is -0.118. The van der Waals surface area contributed by atoms with Crippen molar-refractivity contribution in [3.05, 3.63) is 29.0 Å². The molecule has 0 heterocycles. The Morgan fingerprint density at radius 2 is 2.11 bits per heavy atom. The van der Waals surface area contributed by atoms with Gasteiger partial charge in [-0.3, -0.25) is 4.79 Å². The van der Waals surface area contributed by atoms with Crippen LogP contribution in [-0.4, -0.2) is 20.9 Å². The summed E-state index contributed by atoms with van der Waals surface area (Å²) in [4.78, 5) is 10.3. The van der Waals surface area contributed by atoms with Gasteiger partial charge in [0.1, 0.15) is 10.7 Å². The lowest BCUT2D eigenvalue weighted by atomic mass is 10.3. The largest absolute Gasteiger partial charge is 0.370 e. The molecule has 5 nitrogen and oxygen atoms in total. The molecule has 0 fully saturated rings. The Morgan fingerprint density at radius 3 is 2.67 bits per heavy atom. The normalized spacial score (nSPS) is 11.4. The first-order valence-corrected chi connectivity index (χ1v) is 6.92. The van der Waals surface area contributed by atoms with Crippen molar-refractivity contribution < 1.29 is 17.6 Å². The molecule has 8 heteroatoms. The van der Waals surface area contributed by atoms with Crippen LogP contribution in [-0.2, 0) is 14.8 Å². The van der Waals surface area contributed by atoms with Crippen molar-refractivity contribution >= 4 is 27.5 Å². The van der Waals surface area contributed by atoms with Crippen LogP contribution in [0.3, 0.4) is 0 Å². The minimum absolute atomic E-state index is 0.0545. The van der Waals surface area contributed by atoms with E-state index in [9.17, 15) is 17.6 Å². The van der Waals surface area contributed by atoms with Crippen molar-refractivity contribution in [2.75, 3.05) is 6.54 Å². The van der Waals surface area contributed by atoms with Crippen LogP contribution in [0.2, 0.25) is 5.02 Å². The number of nitrogens with one attached hydrogen (secondary N) is 1. The standard InChI is InChI=1S/C10H12ClFN2O3S/c11-8-6-7(12)3-4-9(8)18(16,17)14-5-1-2-10(13)15/h3-4,6,14H,1-2,5H2,(H2,13,15). The number of benzene rings is 1. The van der Waals surface area contributed by atoms with Crippen molar-refractivity contribution in [1.82, 2.24) is 4.72 Å². The summed E-state index contributed by atoms with van der Waals surface area (Å²) in [7, 11) is -3.81. The molecule has 1 aromatic rings. The van der Waals surface area contributed by atoms with Gasteiger partial charge in [0.2, 0.25) is 15.9 Å². The van der Waals surface area contributed by atoms with Crippen LogP contribution in [0, 0.1) is 5.82 Å². The predicted molar refractivity (Wildman–Crippen MR) is 65.0 cm³/mol. The number of hydrogen-bond acceptors (Lipinski definition) is 3. The summed E-state index contributed by atoms with van der Waals surface area (Å²) < 4.78 is 38.6. The lowest BCUT2D eigenvalue weighted by Gasteiger charge is -2.07. The first-order valence-electron chi connectivity index (χ1n) is 5.06. The summed E-state index contributed by atoms with van der Waals surface area (Å²) in [5, 5.41) is -0.197. The average Bonchev–Trinajstić information content (AvgIpc) is 2.23. The zero-order valence-corrected chi connectivity index (χ0v) is 10.9. The number of carbonyl (C=O) groups excluding carboxylic acids is 1. The highest BCUT2D eigenvalue weighted by Gasteiger charge is 2.17. The zero-order valence-electron chi connectivity index (χ0n) is 9.32. The molecule has 0 aliphatic heterocycles. The molecule has 0 saturated carbocycles. The van der Waals surface area contributed by atoms with Crippen molar-refractivity contribution in [3.63, 3.8) is 0 Å². The van der Waals surface area contributed by atoms with E-state index in [0.29, 0.717) is 0 Å². The summed E-state index contributed by atoms with van der Waals surface area (Å²) in [6, 6.07) is 3.00. The zero-order chi connectivity index (χ0) is 13.8. The van der Waals surface area contributed by atoms with Crippen molar-refractivity contribution in [1.29, 1.82) is 0 Å². The minimum Gasteiger partial charge on any atom is -0.370 e. The van der Waals surface area contributed by atoms with Gasteiger partial charge < -0.3 is 5.73 Å². The Morgan fingerprint density at radius 1 is 1.44 bits per heavy atom. The number of amides is 1. The van der Waals surface area contributed by atoms with E-state index < -0.39 is 21.7 Å². The average molecular weight is 295 g/mol. The quantitative estimate of drug-likeness (QED) is 0.768. The highest BCUT2D eigenvalue weighted by atomic mass is 35.5. The van der Waals surface area contributed by atoms with E-state index in [-0.39, 0.29) is 29.3 Å². The van der Waals surface area contributed by atoms with Crippen LogP contribution in [0.5, 0.6) is 0 Å². The third-order valence-electron chi connectivity index (χ3n) is 2.08. The fraction of sp³-hybridized carbons (Fsp3) is 0.300. The SMILES string of the molecule is NC(=O)CCCNS(=O)(=O)c1ccc(F)cc1Cl. The number of hydrogen-bond donors (Lipinski definition) is 2. The molecule has 1 aromatic carbocycles. The summed E-state index contributed by atoms with van der Waals surface area (Å²) in [6.45, 7) is 0.0545. The van der Waals surface area contributed by atoms with Gasteiger partial charge in [0.05, 0.1) is 5.02 Å². The van der Waals surface area contributed by atoms with E-state index in [1.807, 2.05) is 0 Å². The fourth-order valence-corrected chi connectivity index (χ4v) is 2.84. The predicted octanol–water partition coefficient (Wildman–Crippen LogP) is 1.02. The monoisotopic (exact) mass is 294 g/mol. The second kappa shape index (κ2) is 6.12. The summed E-state index contributed by atoms with van der Waals surface area (Å²) >= 11 is 5.64. The van der Waals surface area contributed by atoms with Crippen LogP contribution in [0.1, 0.15) is 12.8 Å². The van der Waals surface area contributed by atoms with Gasteiger partial charge in [-0.25, -0.2) is 17.5 Å². The Balaban J connectivity index is 2.71. The second-order valence-corrected chi connectivity index (χ2v) is 5.68. The second-order valence-electron chi connectivity index (χ2n) is 3.54. The number of nitrogens with two attached hydrogens (primary N) is 1. The Bertz CT molecular complexity index is 548. The fourth-order valence-electron chi connectivity index (χ4n) is 1.24. The molecule has 0 aliphatic rings. The Kier molecular flexibility index (Phi) is 5.06. The van der Waals surface area contributed by atoms with E-state index in [0.717, 1.165) is 18.2 Å². The molecule has 3 N–H and O–H groups in total. The minimum atomic E-state index is -3.81. The molecule has 1 amide bonds. The maximum absolute atomic E-state index is 12.8. The highest BCUT2D eigenvalue weighted by molar-refractivity contribution is 7.89. The summed E-state index contributed by atoms with van der Waals surface area (Å²) in [5.74, 6) is -1.12. The number of carbonyl (C=O) groups is 1. The summed E-state index contributed by atoms with van der Waals surface area (Å²) in [5.41, 5.74) is 4.92. The molecule has 100 valence electrons. The highest BCUT2D eigenvalue weighted by Crippen LogP contribution is 2.21. The maximum atomic E-state index is 12.8. The smallest absolute Gasteiger partial charge is 0.242 e. The molecule has 18 heavy (non-hydrogen) atoms. The van der Waals surface area contributed by atoms with Crippen molar-refractivity contribution in [2.45, 2.75) is 17.7 Å². The van der Waals surface area contributed by atoms with Crippen LogP contribution in [0.25, 0.3) is 0 Å². The van der Waals surface area contributed by atoms with Crippen LogP contribution in [0.4, 0.5) is 4.39 Å². The topological polar surface area (TPSA) is 89.3 Å². The van der Waals surface area contributed by atoms with Gasteiger partial charge in [-0.2, -0.15) is 0 Å². The third-order valence-corrected chi connectivity index (χ3v) is 4.02. The van der Waals surface area contributed by atoms with Crippen LogP contribution >= 0.6 is 11.6 Å². The molecule has 0 unspecified atom stereocenters. The first-order chi connectivity index (χ1) is 8.33. The molecule has 0 saturated heterocycles. The number of sulfonamides is 1. The summed E-state index contributed by atoms with van der Waals surface area (Å²) in [6.07, 6.45) is 0.368. The van der Waals surface area contributed by atoms with Crippen LogP contribution < -0.4 is 10.5 Å². The van der Waals surface area contributed by atoms with Gasteiger partial charge in [-0.1, -0.05) is 11.6 Å². The Hall–Kier alpha value is -1.18. The molecule has 0 spiro atoms. The molecule has 0 radical (unpaired) electrons. The van der Waals surface area contributed by atoms with Crippen molar-refractivity contribution in [2.24, 2.45) is 5.73 Å². The number of primary amides is 1. The van der Waals surface area contributed by atoms with E-state index in [1.54, 1.807) is 0 Å². The van der Waals surface area contributed by atoms with Crippen LogP contribution in [0.15, 0.2) is 23.1 Å². The van der Waals surface area contributed by atoms with Crippen molar-refractivity contribution in [3.8, 4) is 0 Å². The van der Waals surface area contributed by atoms with E-state index >= 15 is 0 Å². The van der Waals surface area contributed by atoms with Gasteiger partial charge in [0, 0.05) is 13.0 Å². The van der Waals surface area contributed by atoms with Gasteiger partial charge in [-0.15, -0.1) is 0 Å². The van der Waals surface area contributed by atoms with Gasteiger partial charge in [-0.05, 0) is 24.6 Å². The lowest BCUT2D eigenvalue weighted by Crippen LogP contribution is -2.26. The van der Waals surface area contributed by atoms with E-state index in [2.05, 4.69) is 4.72 Å². The van der Waals surface area contributed by atoms with Gasteiger partial charge in [0.25, 0.3) is 0 Å². The third kappa shape index (κ3) is 4.25. The number of halogens is 2.